The third-order valence-corrected chi connectivity index (χ3v) is 5.00. The predicted octanol–water partition coefficient (Wildman–Crippen LogP) is 3.60. The standard InChI is InChI=1S/C24H25ClFN3O6/c1-14(2)34-24(32)20(30)13-29(27-23(31)21-11-22(33-3)28-35-21)12-15-4-6-16(7-5-15)18-10-17(25)8-9-19(18)26/h4-11,14,20,30H,12-13H2,1-3H3,(H,27,31)/t20-/m1/s1. The van der Waals surface area contributed by atoms with Gasteiger partial charge in [0.05, 0.1) is 25.8 Å². The zero-order chi connectivity index (χ0) is 25.5. The van der Waals surface area contributed by atoms with E-state index in [0.29, 0.717) is 21.7 Å². The molecule has 2 N–H and O–H groups in total. The van der Waals surface area contributed by atoms with Crippen LogP contribution in [0.5, 0.6) is 5.88 Å². The third kappa shape index (κ3) is 7.25. The van der Waals surface area contributed by atoms with Crippen LogP contribution >= 0.6 is 11.6 Å². The van der Waals surface area contributed by atoms with Crippen molar-refractivity contribution in [2.24, 2.45) is 0 Å². The summed E-state index contributed by atoms with van der Waals surface area (Å²) in [5, 5.41) is 15.6. The third-order valence-electron chi connectivity index (χ3n) is 4.77. The molecule has 35 heavy (non-hydrogen) atoms. The van der Waals surface area contributed by atoms with Crippen LogP contribution in [-0.2, 0) is 16.1 Å². The summed E-state index contributed by atoms with van der Waals surface area (Å²) in [7, 11) is 1.38. The Bertz CT molecular complexity index is 1170. The second-order valence-corrected chi connectivity index (χ2v) is 8.31. The number of esters is 1. The number of nitrogens with one attached hydrogen (secondary N) is 1. The number of carbonyl (C=O) groups excluding carboxylic acids is 2. The average molecular weight is 506 g/mol. The lowest BCUT2D eigenvalue weighted by atomic mass is 10.0. The molecule has 0 radical (unpaired) electrons. The number of amides is 1. The van der Waals surface area contributed by atoms with Gasteiger partial charge in [-0.3, -0.25) is 10.2 Å². The minimum Gasteiger partial charge on any atom is -0.479 e. The van der Waals surface area contributed by atoms with Gasteiger partial charge in [0.15, 0.2) is 6.10 Å². The number of nitrogens with zero attached hydrogens (tertiary/aromatic N) is 2. The summed E-state index contributed by atoms with van der Waals surface area (Å²) in [6, 6.07) is 12.4. The lowest BCUT2D eigenvalue weighted by molar-refractivity contribution is -0.158. The van der Waals surface area contributed by atoms with Crippen LogP contribution in [0.1, 0.15) is 30.0 Å². The molecule has 186 valence electrons. The Labute approximate surface area is 206 Å². The van der Waals surface area contributed by atoms with Gasteiger partial charge < -0.3 is 19.1 Å². The molecule has 3 rings (SSSR count). The van der Waals surface area contributed by atoms with Crippen molar-refractivity contribution in [1.29, 1.82) is 0 Å². The fraction of sp³-hybridized carbons (Fsp3) is 0.292. The SMILES string of the molecule is COc1cc(C(=O)NN(Cc2ccc(-c3cc(Cl)ccc3F)cc2)C[C@@H](O)C(=O)OC(C)C)on1. The van der Waals surface area contributed by atoms with Crippen LogP contribution in [0.4, 0.5) is 4.39 Å². The van der Waals surface area contributed by atoms with E-state index < -0.39 is 29.9 Å². The fourth-order valence-corrected chi connectivity index (χ4v) is 3.31. The number of hydrogen-bond acceptors (Lipinski definition) is 8. The Hall–Kier alpha value is -3.47. The summed E-state index contributed by atoms with van der Waals surface area (Å²) in [4.78, 5) is 24.7. The number of benzene rings is 2. The van der Waals surface area contributed by atoms with Crippen molar-refractivity contribution >= 4 is 23.5 Å². The number of ether oxygens (including phenoxy) is 2. The molecule has 0 aliphatic rings. The molecule has 0 aliphatic heterocycles. The van der Waals surface area contributed by atoms with Crippen molar-refractivity contribution in [3.8, 4) is 17.0 Å². The van der Waals surface area contributed by atoms with Gasteiger partial charge >= 0.3 is 11.9 Å². The van der Waals surface area contributed by atoms with Crippen LogP contribution in [0.2, 0.25) is 5.02 Å². The number of aliphatic hydroxyl groups excluding tert-OH is 1. The molecular formula is C24H25ClFN3O6. The number of hydrazine groups is 1. The zero-order valence-corrected chi connectivity index (χ0v) is 20.1. The molecule has 1 heterocycles. The normalized spacial score (nSPS) is 12.0. The second-order valence-electron chi connectivity index (χ2n) is 7.88. The molecule has 1 aromatic heterocycles. The van der Waals surface area contributed by atoms with Gasteiger partial charge in [-0.1, -0.05) is 35.9 Å². The van der Waals surface area contributed by atoms with Gasteiger partial charge in [0.1, 0.15) is 5.82 Å². The fourth-order valence-electron chi connectivity index (χ4n) is 3.13. The van der Waals surface area contributed by atoms with E-state index in [1.165, 1.54) is 36.4 Å². The largest absolute Gasteiger partial charge is 0.479 e. The van der Waals surface area contributed by atoms with E-state index in [0.717, 1.165) is 0 Å². The zero-order valence-electron chi connectivity index (χ0n) is 19.3. The van der Waals surface area contributed by atoms with Crippen molar-refractivity contribution in [1.82, 2.24) is 15.6 Å². The first-order valence-corrected chi connectivity index (χ1v) is 11.0. The summed E-state index contributed by atoms with van der Waals surface area (Å²) >= 11 is 5.99. The monoisotopic (exact) mass is 505 g/mol. The highest BCUT2D eigenvalue weighted by atomic mass is 35.5. The van der Waals surface area contributed by atoms with E-state index in [1.807, 2.05) is 0 Å². The molecule has 0 saturated heterocycles. The van der Waals surface area contributed by atoms with Crippen LogP contribution in [0.25, 0.3) is 11.1 Å². The molecule has 0 unspecified atom stereocenters. The second kappa shape index (κ2) is 11.8. The molecule has 0 aliphatic carbocycles. The number of aliphatic hydroxyl groups is 1. The highest BCUT2D eigenvalue weighted by Crippen LogP contribution is 2.26. The van der Waals surface area contributed by atoms with Crippen molar-refractivity contribution in [3.63, 3.8) is 0 Å². The molecule has 11 heteroatoms. The number of aromatic nitrogens is 1. The maximum absolute atomic E-state index is 14.2. The van der Waals surface area contributed by atoms with E-state index in [1.54, 1.807) is 38.1 Å². The lowest BCUT2D eigenvalue weighted by Gasteiger charge is -2.25. The van der Waals surface area contributed by atoms with Crippen molar-refractivity contribution in [2.75, 3.05) is 13.7 Å². The van der Waals surface area contributed by atoms with Gasteiger partial charge in [-0.05, 0) is 48.3 Å². The minimum absolute atomic E-state index is 0.0986. The molecular weight excluding hydrogens is 481 g/mol. The first kappa shape index (κ1) is 26.1. The number of carbonyl (C=O) groups is 2. The van der Waals surface area contributed by atoms with Gasteiger partial charge in [0.25, 0.3) is 5.88 Å². The van der Waals surface area contributed by atoms with E-state index in [2.05, 4.69) is 10.6 Å². The van der Waals surface area contributed by atoms with Gasteiger partial charge in [-0.15, -0.1) is 0 Å². The number of halogens is 2. The molecule has 0 bridgehead atoms. The van der Waals surface area contributed by atoms with Gasteiger partial charge in [0.2, 0.25) is 5.76 Å². The minimum atomic E-state index is -1.53. The highest BCUT2D eigenvalue weighted by molar-refractivity contribution is 6.30. The quantitative estimate of drug-likeness (QED) is 0.317. The molecule has 0 spiro atoms. The van der Waals surface area contributed by atoms with E-state index in [-0.39, 0.29) is 24.7 Å². The van der Waals surface area contributed by atoms with Crippen LogP contribution in [0.3, 0.4) is 0 Å². The molecule has 1 atom stereocenters. The topological polar surface area (TPSA) is 114 Å². The average Bonchev–Trinajstić information content (AvgIpc) is 3.30. The van der Waals surface area contributed by atoms with Gasteiger partial charge in [0, 0.05) is 17.1 Å². The summed E-state index contributed by atoms with van der Waals surface area (Å²) in [6.07, 6.45) is -1.94. The Morgan fingerprint density at radius 3 is 2.54 bits per heavy atom. The number of methoxy groups -OCH3 is 1. The molecule has 3 aromatic rings. The Balaban J connectivity index is 1.77. The summed E-state index contributed by atoms with van der Waals surface area (Å²) in [5.74, 6) is -1.91. The van der Waals surface area contributed by atoms with Crippen molar-refractivity contribution in [3.05, 3.63) is 70.7 Å². The van der Waals surface area contributed by atoms with E-state index >= 15 is 0 Å². The van der Waals surface area contributed by atoms with E-state index in [9.17, 15) is 19.1 Å². The van der Waals surface area contributed by atoms with Crippen molar-refractivity contribution < 1.29 is 33.1 Å². The van der Waals surface area contributed by atoms with Crippen molar-refractivity contribution in [2.45, 2.75) is 32.6 Å². The molecule has 2 aromatic carbocycles. The number of rotatable bonds is 10. The first-order valence-electron chi connectivity index (χ1n) is 10.7. The van der Waals surface area contributed by atoms with Crippen LogP contribution in [0.15, 0.2) is 53.1 Å². The summed E-state index contributed by atoms with van der Waals surface area (Å²) in [5.41, 5.74) is 4.24. The predicted molar refractivity (Wildman–Crippen MR) is 125 cm³/mol. The molecule has 1 amide bonds. The Morgan fingerprint density at radius 2 is 1.91 bits per heavy atom. The van der Waals surface area contributed by atoms with Crippen LogP contribution in [0, 0.1) is 5.82 Å². The van der Waals surface area contributed by atoms with Crippen LogP contribution < -0.4 is 10.2 Å². The first-order chi connectivity index (χ1) is 16.7. The number of hydrogen-bond donors (Lipinski definition) is 2. The van der Waals surface area contributed by atoms with Gasteiger partial charge in [-0.25, -0.2) is 14.2 Å². The summed E-state index contributed by atoms with van der Waals surface area (Å²) in [6.45, 7) is 3.14. The molecule has 0 saturated carbocycles. The lowest BCUT2D eigenvalue weighted by Crippen LogP contribution is -2.47. The Kier molecular flexibility index (Phi) is 8.80. The van der Waals surface area contributed by atoms with Crippen LogP contribution in [-0.4, -0.2) is 53.0 Å². The maximum Gasteiger partial charge on any atom is 0.336 e. The Morgan fingerprint density at radius 1 is 1.20 bits per heavy atom. The molecule has 9 nitrogen and oxygen atoms in total. The molecule has 0 fully saturated rings. The highest BCUT2D eigenvalue weighted by Gasteiger charge is 2.24. The summed E-state index contributed by atoms with van der Waals surface area (Å²) < 4.78 is 29.1. The maximum atomic E-state index is 14.2. The van der Waals surface area contributed by atoms with Gasteiger partial charge in [-0.2, -0.15) is 0 Å². The smallest absolute Gasteiger partial charge is 0.336 e. The van der Waals surface area contributed by atoms with E-state index in [4.69, 9.17) is 25.6 Å².